The molecule has 0 saturated heterocycles. The Balaban J connectivity index is 2.07. The van der Waals surface area contributed by atoms with E-state index >= 15 is 0 Å². The summed E-state index contributed by atoms with van der Waals surface area (Å²) in [6.45, 7) is 1.44. The van der Waals surface area contributed by atoms with Gasteiger partial charge >= 0.3 is 11.9 Å². The Labute approximate surface area is 149 Å². The van der Waals surface area contributed by atoms with Crippen molar-refractivity contribution >= 4 is 17.7 Å². The van der Waals surface area contributed by atoms with Crippen molar-refractivity contribution in [2.45, 2.75) is 18.4 Å². The third-order valence-corrected chi connectivity index (χ3v) is 5.12. The van der Waals surface area contributed by atoms with Crippen LogP contribution in [0, 0.1) is 16.7 Å². The fourth-order valence-electron chi connectivity index (χ4n) is 3.91. The summed E-state index contributed by atoms with van der Waals surface area (Å²) < 4.78 is 5.43. The summed E-state index contributed by atoms with van der Waals surface area (Å²) in [6.07, 6.45) is 0. The number of ether oxygens (including phenoxy) is 1. The van der Waals surface area contributed by atoms with E-state index in [4.69, 9.17) is 4.74 Å². The summed E-state index contributed by atoms with van der Waals surface area (Å²) in [5.74, 6) is -2.70. The van der Waals surface area contributed by atoms with E-state index in [1.54, 1.807) is 54.6 Å². The quantitative estimate of drug-likeness (QED) is 0.665. The molecule has 6 heteroatoms. The molecular formula is C20H14N2O4. The lowest BCUT2D eigenvalue weighted by Gasteiger charge is -2.37. The first kappa shape index (κ1) is 16.0. The zero-order valence-corrected chi connectivity index (χ0v) is 13.8. The fraction of sp³-hybridized carbons (Fsp3) is 0.200. The van der Waals surface area contributed by atoms with Crippen LogP contribution < -0.4 is 4.74 Å². The van der Waals surface area contributed by atoms with Crippen LogP contribution in [-0.4, -0.2) is 28.3 Å². The molecule has 26 heavy (non-hydrogen) atoms. The summed E-state index contributed by atoms with van der Waals surface area (Å²) in [4.78, 5) is 29.5. The summed E-state index contributed by atoms with van der Waals surface area (Å²) in [7, 11) is 0. The lowest BCUT2D eigenvalue weighted by atomic mass is 9.63. The van der Waals surface area contributed by atoms with Gasteiger partial charge in [-0.1, -0.05) is 48.5 Å². The van der Waals surface area contributed by atoms with Gasteiger partial charge in [-0.25, -0.2) is 9.59 Å². The van der Waals surface area contributed by atoms with E-state index in [9.17, 15) is 20.0 Å². The van der Waals surface area contributed by atoms with E-state index in [-0.39, 0.29) is 11.5 Å². The number of hydrogen-bond acceptors (Lipinski definition) is 5. The van der Waals surface area contributed by atoms with Crippen LogP contribution in [0.2, 0.25) is 0 Å². The second-order valence-corrected chi connectivity index (χ2v) is 6.56. The summed E-state index contributed by atoms with van der Waals surface area (Å²) in [5, 5.41) is 20.0. The van der Waals surface area contributed by atoms with Crippen molar-refractivity contribution in [3.63, 3.8) is 0 Å². The van der Waals surface area contributed by atoms with Gasteiger partial charge in [-0.15, -0.1) is 0 Å². The molecule has 0 aliphatic carbocycles. The van der Waals surface area contributed by atoms with Crippen molar-refractivity contribution in [1.82, 2.24) is 0 Å². The predicted molar refractivity (Wildman–Crippen MR) is 91.9 cm³/mol. The molecule has 2 aromatic rings. The molecule has 0 fully saturated rings. The average Bonchev–Trinajstić information content (AvgIpc) is 2.95. The highest BCUT2D eigenvalue weighted by Crippen LogP contribution is 2.57. The average molecular weight is 346 g/mol. The molecular weight excluding hydrogens is 332 g/mol. The van der Waals surface area contributed by atoms with E-state index < -0.39 is 28.8 Å². The molecule has 2 aliphatic heterocycles. The monoisotopic (exact) mass is 346 g/mol. The molecule has 3 atom stereocenters. The van der Waals surface area contributed by atoms with Crippen molar-refractivity contribution < 1.29 is 19.4 Å². The van der Waals surface area contributed by atoms with Crippen LogP contribution in [0.1, 0.15) is 24.0 Å². The van der Waals surface area contributed by atoms with Gasteiger partial charge in [0.2, 0.25) is 5.41 Å². The second-order valence-electron chi connectivity index (χ2n) is 6.56. The Morgan fingerprint density at radius 2 is 1.85 bits per heavy atom. The molecule has 2 aliphatic rings. The van der Waals surface area contributed by atoms with Crippen molar-refractivity contribution in [2.75, 3.05) is 0 Å². The van der Waals surface area contributed by atoms with E-state index in [2.05, 4.69) is 11.1 Å². The molecule has 1 N–H and O–H groups in total. The van der Waals surface area contributed by atoms with Gasteiger partial charge < -0.3 is 9.84 Å². The van der Waals surface area contributed by atoms with Crippen LogP contribution in [0.25, 0.3) is 0 Å². The zero-order valence-electron chi connectivity index (χ0n) is 13.8. The normalized spacial score (nSPS) is 29.0. The number of carboxylic acids is 1. The van der Waals surface area contributed by atoms with Crippen LogP contribution >= 0.6 is 0 Å². The number of nitrogens with zero attached hydrogens (tertiary/aromatic N) is 2. The van der Waals surface area contributed by atoms with Gasteiger partial charge in [0.15, 0.2) is 5.54 Å². The first-order valence-electron chi connectivity index (χ1n) is 8.06. The van der Waals surface area contributed by atoms with Crippen molar-refractivity contribution in [3.05, 3.63) is 65.7 Å². The number of nitriles is 1. The smallest absolute Gasteiger partial charge is 0.338 e. The molecule has 4 rings (SSSR count). The van der Waals surface area contributed by atoms with E-state index in [0.29, 0.717) is 11.1 Å². The largest absolute Gasteiger partial charge is 0.479 e. The number of hydrogen-bond donors (Lipinski definition) is 1. The second kappa shape index (κ2) is 5.27. The third-order valence-electron chi connectivity index (χ3n) is 5.12. The minimum absolute atomic E-state index is 0.134. The van der Waals surface area contributed by atoms with Crippen LogP contribution in [0.3, 0.4) is 0 Å². The number of fused-ring (bicyclic) bond motifs is 3. The number of para-hydroxylation sites is 1. The Hall–Kier alpha value is -3.46. The van der Waals surface area contributed by atoms with Crippen LogP contribution in [-0.2, 0) is 9.59 Å². The lowest BCUT2D eigenvalue weighted by Crippen LogP contribution is -2.52. The number of carboxylic acid groups (broad SMARTS) is 1. The van der Waals surface area contributed by atoms with Gasteiger partial charge in [0.05, 0.1) is 17.7 Å². The van der Waals surface area contributed by atoms with E-state index in [1.165, 1.54) is 6.92 Å². The standard InChI is InChI=1S/C20H14N2O4/c1-19(17(23)24)15-13-9-5-6-10-14(13)26-18(25)20(15,11-21)16(22-19)12-7-3-2-4-8-12/h2-10,15H,1H3,(H,23,24)/t15-,19+,20-/m1/s1. The highest BCUT2D eigenvalue weighted by atomic mass is 16.5. The SMILES string of the molecule is C[C@]1(C(=O)O)N=C(c2ccccc2)[C@]2(C#N)C(=O)Oc3ccccc3[C@@H]21. The Kier molecular flexibility index (Phi) is 3.25. The molecule has 2 heterocycles. The van der Waals surface area contributed by atoms with Gasteiger partial charge in [0.1, 0.15) is 5.75 Å². The number of aliphatic carboxylic acids is 1. The molecule has 0 saturated carbocycles. The summed E-state index contributed by atoms with van der Waals surface area (Å²) in [6, 6.07) is 17.4. The predicted octanol–water partition coefficient (Wildman–Crippen LogP) is 2.55. The van der Waals surface area contributed by atoms with Crippen molar-refractivity contribution in [3.8, 4) is 11.8 Å². The topological polar surface area (TPSA) is 99.7 Å². The van der Waals surface area contributed by atoms with Gasteiger partial charge in [0.25, 0.3) is 0 Å². The first-order valence-corrected chi connectivity index (χ1v) is 8.06. The highest BCUT2D eigenvalue weighted by Gasteiger charge is 2.69. The number of esters is 1. The van der Waals surface area contributed by atoms with Gasteiger partial charge in [-0.05, 0) is 18.6 Å². The highest BCUT2D eigenvalue weighted by molar-refractivity contribution is 6.22. The van der Waals surface area contributed by atoms with Gasteiger partial charge in [-0.3, -0.25) is 4.99 Å². The molecule has 2 aromatic carbocycles. The number of carbonyl (C=O) groups is 2. The molecule has 0 aromatic heterocycles. The van der Waals surface area contributed by atoms with Gasteiger partial charge in [-0.2, -0.15) is 5.26 Å². The maximum atomic E-state index is 13.0. The molecule has 0 amide bonds. The number of carbonyl (C=O) groups excluding carboxylic acids is 1. The maximum absolute atomic E-state index is 13.0. The Morgan fingerprint density at radius 3 is 2.50 bits per heavy atom. The minimum atomic E-state index is -1.82. The van der Waals surface area contributed by atoms with Crippen LogP contribution in [0.15, 0.2) is 59.6 Å². The number of benzene rings is 2. The Morgan fingerprint density at radius 1 is 1.19 bits per heavy atom. The first-order chi connectivity index (χ1) is 12.4. The molecule has 0 spiro atoms. The summed E-state index contributed by atoms with van der Waals surface area (Å²) in [5.41, 5.74) is -2.33. The van der Waals surface area contributed by atoms with Crippen molar-refractivity contribution in [1.29, 1.82) is 5.26 Å². The minimum Gasteiger partial charge on any atom is -0.479 e. The van der Waals surface area contributed by atoms with Gasteiger partial charge in [0, 0.05) is 5.56 Å². The van der Waals surface area contributed by atoms with E-state index in [1.807, 2.05) is 0 Å². The maximum Gasteiger partial charge on any atom is 0.338 e. The molecule has 128 valence electrons. The third kappa shape index (κ3) is 1.83. The fourth-order valence-corrected chi connectivity index (χ4v) is 3.91. The molecule has 0 radical (unpaired) electrons. The number of rotatable bonds is 2. The molecule has 6 nitrogen and oxygen atoms in total. The number of aliphatic imine (C=N–C) groups is 1. The van der Waals surface area contributed by atoms with Crippen LogP contribution in [0.4, 0.5) is 0 Å². The van der Waals surface area contributed by atoms with Crippen LogP contribution in [0.5, 0.6) is 5.75 Å². The summed E-state index contributed by atoms with van der Waals surface area (Å²) >= 11 is 0. The zero-order chi connectivity index (χ0) is 18.5. The molecule has 0 unspecified atom stereocenters. The van der Waals surface area contributed by atoms with Crippen molar-refractivity contribution in [2.24, 2.45) is 10.4 Å². The Bertz CT molecular complexity index is 1010. The molecule has 0 bridgehead atoms. The van der Waals surface area contributed by atoms with E-state index in [0.717, 1.165) is 0 Å². The lowest BCUT2D eigenvalue weighted by molar-refractivity contribution is -0.147.